The Morgan fingerprint density at radius 2 is 1.78 bits per heavy atom. The maximum Gasteiger partial charge on any atom is 0.246 e. The predicted octanol–water partition coefficient (Wildman–Crippen LogP) is 4.65. The Hall–Kier alpha value is -3.55. The van der Waals surface area contributed by atoms with E-state index in [1.54, 1.807) is 12.1 Å². The highest BCUT2D eigenvalue weighted by Crippen LogP contribution is 2.27. The fourth-order valence-corrected chi connectivity index (χ4v) is 3.94. The number of fused-ring (bicyclic) bond motifs is 1. The molecule has 5 rings (SSSR count). The van der Waals surface area contributed by atoms with Crippen LogP contribution in [0.2, 0.25) is 0 Å². The first-order valence-electron chi connectivity index (χ1n) is 10.5. The monoisotopic (exact) mass is 431 g/mol. The Labute approximate surface area is 184 Å². The number of halogens is 1. The summed E-state index contributed by atoms with van der Waals surface area (Å²) in [6, 6.07) is 20.5. The molecule has 0 unspecified atom stereocenters. The molecule has 1 atom stereocenters. The lowest BCUT2D eigenvalue weighted by Gasteiger charge is -2.33. The molecule has 1 aliphatic rings. The number of carbonyl (C=O) groups is 1. The molecule has 1 aromatic heterocycles. The van der Waals surface area contributed by atoms with Crippen LogP contribution in [0.25, 0.3) is 22.6 Å². The topological polar surface area (TPSA) is 67.6 Å². The second-order valence-electron chi connectivity index (χ2n) is 7.66. The lowest BCUT2D eigenvalue weighted by atomic mass is 10.0. The molecular weight excluding hydrogens is 409 g/mol. The van der Waals surface area contributed by atoms with E-state index in [1.807, 2.05) is 53.4 Å². The van der Waals surface area contributed by atoms with Crippen molar-refractivity contribution in [2.45, 2.75) is 6.04 Å². The van der Waals surface area contributed by atoms with Gasteiger partial charge in [0.1, 0.15) is 17.4 Å². The van der Waals surface area contributed by atoms with Gasteiger partial charge in [-0.15, -0.1) is 0 Å². The van der Waals surface area contributed by atoms with Gasteiger partial charge in [-0.3, -0.25) is 9.69 Å². The summed E-state index contributed by atoms with van der Waals surface area (Å²) in [5.74, 6) is -0.0570. The van der Waals surface area contributed by atoms with E-state index in [1.165, 1.54) is 12.1 Å². The molecular formula is C25H22FN3O3. The summed E-state index contributed by atoms with van der Waals surface area (Å²) in [5.41, 5.74) is 3.60. The highest BCUT2D eigenvalue weighted by Gasteiger charge is 2.29. The van der Waals surface area contributed by atoms with Gasteiger partial charge in [-0.05, 0) is 54.1 Å². The van der Waals surface area contributed by atoms with Gasteiger partial charge in [0.2, 0.25) is 11.8 Å². The minimum Gasteiger partial charge on any atom is -0.436 e. The number of anilines is 1. The molecule has 7 heteroatoms. The summed E-state index contributed by atoms with van der Waals surface area (Å²) in [6.45, 7) is 2.28. The van der Waals surface area contributed by atoms with E-state index in [9.17, 15) is 9.18 Å². The molecule has 6 nitrogen and oxygen atoms in total. The van der Waals surface area contributed by atoms with Gasteiger partial charge in [0.05, 0.1) is 13.2 Å². The summed E-state index contributed by atoms with van der Waals surface area (Å²) in [5, 5.41) is 2.97. The molecule has 1 aliphatic heterocycles. The van der Waals surface area contributed by atoms with Crippen molar-refractivity contribution in [3.05, 3.63) is 84.2 Å². The fraction of sp³-hybridized carbons (Fsp3) is 0.200. The predicted molar refractivity (Wildman–Crippen MR) is 120 cm³/mol. The smallest absolute Gasteiger partial charge is 0.246 e. The lowest BCUT2D eigenvalue weighted by molar-refractivity contribution is -0.123. The van der Waals surface area contributed by atoms with Crippen LogP contribution in [-0.4, -0.2) is 42.1 Å². The minimum atomic E-state index is -0.605. The van der Waals surface area contributed by atoms with Gasteiger partial charge in [-0.1, -0.05) is 24.3 Å². The van der Waals surface area contributed by atoms with Crippen molar-refractivity contribution >= 4 is 22.7 Å². The molecule has 1 amide bonds. The fourth-order valence-electron chi connectivity index (χ4n) is 3.94. The van der Waals surface area contributed by atoms with E-state index in [0.29, 0.717) is 43.4 Å². The number of nitrogens with zero attached hydrogens (tertiary/aromatic N) is 2. The third-order valence-electron chi connectivity index (χ3n) is 5.52. The quantitative estimate of drug-likeness (QED) is 0.498. The molecule has 32 heavy (non-hydrogen) atoms. The summed E-state index contributed by atoms with van der Waals surface area (Å²) >= 11 is 0. The Morgan fingerprint density at radius 1 is 1.00 bits per heavy atom. The summed E-state index contributed by atoms with van der Waals surface area (Å²) in [4.78, 5) is 19.8. The van der Waals surface area contributed by atoms with Crippen LogP contribution in [0.5, 0.6) is 0 Å². The molecule has 4 aromatic rings. The van der Waals surface area contributed by atoms with E-state index in [4.69, 9.17) is 9.15 Å². The Kier molecular flexibility index (Phi) is 5.66. The van der Waals surface area contributed by atoms with Gasteiger partial charge < -0.3 is 14.5 Å². The molecule has 0 spiro atoms. The van der Waals surface area contributed by atoms with Crippen LogP contribution in [0.1, 0.15) is 11.6 Å². The number of carbonyl (C=O) groups excluding carboxylic acids is 1. The van der Waals surface area contributed by atoms with Crippen LogP contribution in [0.4, 0.5) is 10.1 Å². The first kappa shape index (κ1) is 20.4. The number of morpholine rings is 1. The van der Waals surface area contributed by atoms with Crippen LogP contribution >= 0.6 is 0 Å². The second kappa shape index (κ2) is 8.90. The zero-order valence-corrected chi connectivity index (χ0v) is 17.3. The average molecular weight is 431 g/mol. The Balaban J connectivity index is 1.36. The number of ether oxygens (including phenoxy) is 1. The number of rotatable bonds is 5. The van der Waals surface area contributed by atoms with Gasteiger partial charge in [-0.25, -0.2) is 9.37 Å². The van der Waals surface area contributed by atoms with Gasteiger partial charge >= 0.3 is 0 Å². The number of hydrogen-bond donors (Lipinski definition) is 1. The highest BCUT2D eigenvalue weighted by molar-refractivity contribution is 5.95. The number of amides is 1. The number of aromatic nitrogens is 1. The van der Waals surface area contributed by atoms with Crippen LogP contribution in [0.3, 0.4) is 0 Å². The number of hydrogen-bond acceptors (Lipinski definition) is 5. The number of para-hydroxylation sites is 2. The molecule has 1 fully saturated rings. The van der Waals surface area contributed by atoms with Crippen molar-refractivity contribution in [2.24, 2.45) is 0 Å². The zero-order chi connectivity index (χ0) is 21.9. The Bertz CT molecular complexity index is 1200. The molecule has 1 saturated heterocycles. The molecule has 3 aromatic carbocycles. The second-order valence-corrected chi connectivity index (χ2v) is 7.66. The van der Waals surface area contributed by atoms with Crippen molar-refractivity contribution < 1.29 is 18.3 Å². The van der Waals surface area contributed by atoms with Crippen molar-refractivity contribution in [3.8, 4) is 11.5 Å². The Morgan fingerprint density at radius 3 is 2.53 bits per heavy atom. The van der Waals surface area contributed by atoms with Gasteiger partial charge in [0.15, 0.2) is 5.58 Å². The van der Waals surface area contributed by atoms with Crippen molar-refractivity contribution in [1.82, 2.24) is 9.88 Å². The minimum absolute atomic E-state index is 0.216. The molecule has 0 saturated carbocycles. The van der Waals surface area contributed by atoms with Crippen molar-refractivity contribution in [3.63, 3.8) is 0 Å². The number of oxazole rings is 1. The van der Waals surface area contributed by atoms with Crippen LogP contribution < -0.4 is 5.32 Å². The third-order valence-corrected chi connectivity index (χ3v) is 5.52. The zero-order valence-electron chi connectivity index (χ0n) is 17.3. The number of nitrogens with one attached hydrogen (secondary N) is 1. The molecule has 0 bridgehead atoms. The van der Waals surface area contributed by atoms with E-state index in [-0.39, 0.29) is 11.7 Å². The molecule has 162 valence electrons. The van der Waals surface area contributed by atoms with Gasteiger partial charge in [0.25, 0.3) is 0 Å². The first-order valence-corrected chi connectivity index (χ1v) is 10.5. The maximum atomic E-state index is 13.9. The SMILES string of the molecule is O=C(Nc1ccc(-c2nc3ccccc3o2)cc1)[C@H](c1cccc(F)c1)N1CCOCC1. The van der Waals surface area contributed by atoms with Crippen LogP contribution in [0.15, 0.2) is 77.2 Å². The maximum absolute atomic E-state index is 13.9. The normalized spacial score (nSPS) is 15.5. The van der Waals surface area contributed by atoms with Crippen LogP contribution in [0, 0.1) is 5.82 Å². The van der Waals surface area contributed by atoms with E-state index < -0.39 is 6.04 Å². The van der Waals surface area contributed by atoms with E-state index in [2.05, 4.69) is 10.3 Å². The molecule has 1 N–H and O–H groups in total. The van der Waals surface area contributed by atoms with Gasteiger partial charge in [0, 0.05) is 24.3 Å². The first-order chi connectivity index (χ1) is 15.7. The molecule has 0 radical (unpaired) electrons. The highest BCUT2D eigenvalue weighted by atomic mass is 19.1. The summed E-state index contributed by atoms with van der Waals surface area (Å²) < 4.78 is 25.1. The largest absolute Gasteiger partial charge is 0.436 e. The van der Waals surface area contributed by atoms with Gasteiger partial charge in [-0.2, -0.15) is 0 Å². The third kappa shape index (κ3) is 4.26. The average Bonchev–Trinajstić information content (AvgIpc) is 3.25. The lowest BCUT2D eigenvalue weighted by Crippen LogP contribution is -2.43. The summed E-state index contributed by atoms with van der Waals surface area (Å²) in [6.07, 6.45) is 0. The summed E-state index contributed by atoms with van der Waals surface area (Å²) in [7, 11) is 0. The number of benzene rings is 3. The van der Waals surface area contributed by atoms with Crippen molar-refractivity contribution in [1.29, 1.82) is 0 Å². The standard InChI is InChI=1S/C25H22FN3O3/c26-19-5-3-4-18(16-19)23(29-12-14-31-15-13-29)24(30)27-20-10-8-17(9-11-20)25-28-21-6-1-2-7-22(21)32-25/h1-11,16,23H,12-15H2,(H,27,30)/t23-/m0/s1. The van der Waals surface area contributed by atoms with E-state index >= 15 is 0 Å². The van der Waals surface area contributed by atoms with E-state index in [0.717, 1.165) is 16.7 Å². The van der Waals surface area contributed by atoms with Crippen molar-refractivity contribution in [2.75, 3.05) is 31.6 Å². The van der Waals surface area contributed by atoms with Crippen LogP contribution in [-0.2, 0) is 9.53 Å². The molecule has 0 aliphatic carbocycles. The molecule has 2 heterocycles.